The van der Waals surface area contributed by atoms with Gasteiger partial charge in [0.1, 0.15) is 4.21 Å². The van der Waals surface area contributed by atoms with Crippen molar-refractivity contribution in [2.75, 3.05) is 10.1 Å². The molecule has 102 valence electrons. The van der Waals surface area contributed by atoms with Gasteiger partial charge in [-0.25, -0.2) is 14.3 Å². The molecular formula is C8H8N4O4S3. The Hall–Kier alpha value is -1.69. The van der Waals surface area contributed by atoms with Crippen LogP contribution in [0.2, 0.25) is 0 Å². The molecule has 0 spiro atoms. The summed E-state index contributed by atoms with van der Waals surface area (Å²) in [5, 5.41) is 14.0. The maximum Gasteiger partial charge on any atom is 0.306 e. The van der Waals surface area contributed by atoms with E-state index in [4.69, 9.17) is 5.84 Å². The van der Waals surface area contributed by atoms with Gasteiger partial charge in [0.15, 0.2) is 5.00 Å². The van der Waals surface area contributed by atoms with Gasteiger partial charge in [-0.1, -0.05) is 11.3 Å². The van der Waals surface area contributed by atoms with E-state index in [0.29, 0.717) is 17.0 Å². The summed E-state index contributed by atoms with van der Waals surface area (Å²) in [6, 6.07) is 2.56. The number of hydrazine groups is 1. The summed E-state index contributed by atoms with van der Waals surface area (Å²) >= 11 is 2.02. The number of anilines is 2. The van der Waals surface area contributed by atoms with Crippen molar-refractivity contribution in [1.29, 1.82) is 0 Å². The van der Waals surface area contributed by atoms with E-state index in [0.717, 1.165) is 6.07 Å². The Kier molecular flexibility index (Phi) is 3.71. The molecule has 0 amide bonds. The predicted molar refractivity (Wildman–Crippen MR) is 73.9 cm³/mol. The minimum Gasteiger partial charge on any atom is -0.310 e. The number of nitro groups is 1. The molecule has 0 aliphatic rings. The average molecular weight is 320 g/mol. The Morgan fingerprint density at radius 1 is 1.42 bits per heavy atom. The summed E-state index contributed by atoms with van der Waals surface area (Å²) in [5.74, 6) is 5.12. The van der Waals surface area contributed by atoms with Crippen LogP contribution in [0, 0.1) is 10.1 Å². The van der Waals surface area contributed by atoms with Crippen LogP contribution in [-0.2, 0) is 10.0 Å². The molecule has 2 heterocycles. The fraction of sp³-hybridized carbons (Fsp3) is 0. The number of sulfonamides is 1. The maximum atomic E-state index is 12.0. The van der Waals surface area contributed by atoms with E-state index < -0.39 is 14.9 Å². The van der Waals surface area contributed by atoms with Crippen LogP contribution in [0.25, 0.3) is 0 Å². The zero-order chi connectivity index (χ0) is 14.0. The lowest BCUT2D eigenvalue weighted by atomic mass is 10.5. The van der Waals surface area contributed by atoms with Crippen molar-refractivity contribution in [1.82, 2.24) is 0 Å². The van der Waals surface area contributed by atoms with Gasteiger partial charge < -0.3 is 5.43 Å². The standard InChI is InChI=1S/C8H8N4O4S3/c9-10-8-6(12(13)14)3-7(18-8)19(15,16)11-5-1-2-17-4-5/h1-4,10-11H,9H2. The van der Waals surface area contributed by atoms with Gasteiger partial charge in [-0.05, 0) is 11.4 Å². The number of nitrogen functional groups attached to an aromatic ring is 1. The fourth-order valence-corrected chi connectivity index (χ4v) is 4.21. The molecule has 0 aliphatic heterocycles. The number of hydrogen-bond acceptors (Lipinski definition) is 8. The van der Waals surface area contributed by atoms with Crippen molar-refractivity contribution in [2.24, 2.45) is 5.84 Å². The second-order valence-electron chi connectivity index (χ2n) is 3.30. The highest BCUT2D eigenvalue weighted by atomic mass is 32.2. The van der Waals surface area contributed by atoms with Crippen molar-refractivity contribution >= 4 is 49.1 Å². The van der Waals surface area contributed by atoms with Gasteiger partial charge in [-0.3, -0.25) is 14.8 Å². The first-order valence-corrected chi connectivity index (χ1v) is 7.98. The second kappa shape index (κ2) is 5.13. The van der Waals surface area contributed by atoms with Gasteiger partial charge in [0.25, 0.3) is 10.0 Å². The first-order chi connectivity index (χ1) is 8.94. The van der Waals surface area contributed by atoms with E-state index in [1.807, 2.05) is 0 Å². The van der Waals surface area contributed by atoms with E-state index in [2.05, 4.69) is 10.1 Å². The third-order valence-electron chi connectivity index (χ3n) is 2.06. The highest BCUT2D eigenvalue weighted by Gasteiger charge is 2.26. The second-order valence-corrected chi connectivity index (χ2v) is 7.04. The van der Waals surface area contributed by atoms with Crippen LogP contribution in [0.3, 0.4) is 0 Å². The SMILES string of the molecule is NNc1sc(S(=O)(=O)Nc2ccsc2)cc1[N+](=O)[O-]. The number of nitrogens with zero attached hydrogens (tertiary/aromatic N) is 1. The summed E-state index contributed by atoms with van der Waals surface area (Å²) in [5.41, 5.74) is 2.14. The number of rotatable bonds is 5. The average Bonchev–Trinajstić information content (AvgIpc) is 2.95. The molecule has 2 rings (SSSR count). The largest absolute Gasteiger partial charge is 0.310 e. The number of nitrogens with two attached hydrogens (primary N) is 1. The number of nitrogens with one attached hydrogen (secondary N) is 2. The van der Waals surface area contributed by atoms with Crippen LogP contribution in [0.15, 0.2) is 27.1 Å². The van der Waals surface area contributed by atoms with E-state index >= 15 is 0 Å². The summed E-state index contributed by atoms with van der Waals surface area (Å²) in [7, 11) is -3.85. The molecule has 0 saturated carbocycles. The first kappa shape index (κ1) is 13.7. The van der Waals surface area contributed by atoms with Crippen LogP contribution in [0.4, 0.5) is 16.4 Å². The van der Waals surface area contributed by atoms with Gasteiger partial charge in [-0.15, -0.1) is 0 Å². The zero-order valence-corrected chi connectivity index (χ0v) is 11.6. The third-order valence-corrected chi connectivity index (χ3v) is 5.65. The van der Waals surface area contributed by atoms with E-state index in [-0.39, 0.29) is 14.9 Å². The van der Waals surface area contributed by atoms with Crippen LogP contribution in [0.1, 0.15) is 0 Å². The highest BCUT2D eigenvalue weighted by molar-refractivity contribution is 7.94. The molecule has 11 heteroatoms. The molecule has 0 aliphatic carbocycles. The number of thiophene rings is 2. The normalized spacial score (nSPS) is 11.2. The minimum absolute atomic E-state index is 0.0179. The Morgan fingerprint density at radius 2 is 2.16 bits per heavy atom. The van der Waals surface area contributed by atoms with Crippen LogP contribution >= 0.6 is 22.7 Å². The van der Waals surface area contributed by atoms with Gasteiger partial charge in [0.05, 0.1) is 10.6 Å². The highest BCUT2D eigenvalue weighted by Crippen LogP contribution is 2.37. The molecule has 0 bridgehead atoms. The molecule has 0 radical (unpaired) electrons. The maximum absolute atomic E-state index is 12.0. The molecule has 2 aromatic rings. The molecular weight excluding hydrogens is 312 g/mol. The van der Waals surface area contributed by atoms with E-state index in [1.54, 1.807) is 16.8 Å². The van der Waals surface area contributed by atoms with Crippen LogP contribution in [-0.4, -0.2) is 13.3 Å². The fourth-order valence-electron chi connectivity index (χ4n) is 1.26. The Morgan fingerprint density at radius 3 is 2.63 bits per heavy atom. The van der Waals surface area contributed by atoms with Gasteiger partial charge >= 0.3 is 5.69 Å². The molecule has 0 unspecified atom stereocenters. The topological polar surface area (TPSA) is 127 Å². The zero-order valence-electron chi connectivity index (χ0n) is 9.19. The lowest BCUT2D eigenvalue weighted by molar-refractivity contribution is -0.383. The van der Waals surface area contributed by atoms with Crippen molar-refractivity contribution in [3.05, 3.63) is 33.0 Å². The molecule has 8 nitrogen and oxygen atoms in total. The van der Waals surface area contributed by atoms with Crippen LogP contribution in [0.5, 0.6) is 0 Å². The Balaban J connectivity index is 2.38. The molecule has 0 saturated heterocycles. The summed E-state index contributed by atoms with van der Waals surface area (Å²) in [6.07, 6.45) is 0. The van der Waals surface area contributed by atoms with E-state index in [1.165, 1.54) is 11.3 Å². The lowest BCUT2D eigenvalue weighted by Crippen LogP contribution is -2.10. The molecule has 0 fully saturated rings. The molecule has 4 N–H and O–H groups in total. The minimum atomic E-state index is -3.85. The summed E-state index contributed by atoms with van der Waals surface area (Å²) in [6.45, 7) is 0. The Labute approximate surface area is 116 Å². The summed E-state index contributed by atoms with van der Waals surface area (Å²) < 4.78 is 26.2. The van der Waals surface area contributed by atoms with Crippen molar-refractivity contribution in [3.63, 3.8) is 0 Å². The van der Waals surface area contributed by atoms with E-state index in [9.17, 15) is 18.5 Å². The van der Waals surface area contributed by atoms with Gasteiger partial charge in [-0.2, -0.15) is 11.3 Å². The Bertz CT molecular complexity index is 692. The molecule has 0 atom stereocenters. The third kappa shape index (κ3) is 2.84. The predicted octanol–water partition coefficient (Wildman–Crippen LogP) is 1.80. The van der Waals surface area contributed by atoms with Crippen LogP contribution < -0.4 is 16.0 Å². The quantitative estimate of drug-likeness (QED) is 0.438. The van der Waals surface area contributed by atoms with Crippen molar-refractivity contribution < 1.29 is 13.3 Å². The monoisotopic (exact) mass is 320 g/mol. The lowest BCUT2D eigenvalue weighted by Gasteiger charge is -2.02. The first-order valence-electron chi connectivity index (χ1n) is 4.74. The van der Waals surface area contributed by atoms with Gasteiger partial charge in [0.2, 0.25) is 0 Å². The summed E-state index contributed by atoms with van der Waals surface area (Å²) in [4.78, 5) is 10.0. The number of hydrogen-bond donors (Lipinski definition) is 3. The smallest absolute Gasteiger partial charge is 0.306 e. The molecule has 19 heavy (non-hydrogen) atoms. The van der Waals surface area contributed by atoms with Gasteiger partial charge in [0, 0.05) is 11.4 Å². The molecule has 2 aromatic heterocycles. The molecule has 0 aromatic carbocycles. The van der Waals surface area contributed by atoms with Crippen molar-refractivity contribution in [3.8, 4) is 0 Å². The van der Waals surface area contributed by atoms with Crippen molar-refractivity contribution in [2.45, 2.75) is 4.21 Å².